The van der Waals surface area contributed by atoms with Gasteiger partial charge in [-0.1, -0.05) is 0 Å². The summed E-state index contributed by atoms with van der Waals surface area (Å²) < 4.78 is 15.7. The lowest BCUT2D eigenvalue weighted by Gasteiger charge is -2.31. The molecule has 25 heavy (non-hydrogen) atoms. The minimum Gasteiger partial charge on any atom is -0.493 e. The van der Waals surface area contributed by atoms with Crippen LogP contribution in [0.15, 0.2) is 12.1 Å². The van der Waals surface area contributed by atoms with Gasteiger partial charge in [0.1, 0.15) is 5.41 Å². The van der Waals surface area contributed by atoms with E-state index in [9.17, 15) is 9.59 Å². The highest BCUT2D eigenvalue weighted by molar-refractivity contribution is 6.16. The van der Waals surface area contributed by atoms with Gasteiger partial charge in [0.2, 0.25) is 0 Å². The van der Waals surface area contributed by atoms with Crippen molar-refractivity contribution in [1.29, 1.82) is 0 Å². The van der Waals surface area contributed by atoms with Crippen LogP contribution in [-0.4, -0.2) is 46.2 Å². The van der Waals surface area contributed by atoms with Gasteiger partial charge in [-0.25, -0.2) is 0 Å². The number of carbonyl (C=O) groups is 2. The standard InChI is InChI=1S/C19H25NO5/c1-23-15-8-13-11-19(18(22)25-3,10-12-4-6-20-7-5-12)17(21)14(13)9-16(15)24-2/h8-9,12,20H,4-7,10-11H2,1-3H3. The Morgan fingerprint density at radius 3 is 2.40 bits per heavy atom. The van der Waals surface area contributed by atoms with E-state index in [-0.39, 0.29) is 5.78 Å². The highest BCUT2D eigenvalue weighted by Gasteiger charge is 2.53. The number of carbonyl (C=O) groups excluding carboxylic acids is 2. The minimum absolute atomic E-state index is 0.158. The molecule has 0 radical (unpaired) electrons. The summed E-state index contributed by atoms with van der Waals surface area (Å²) in [6.45, 7) is 1.84. The lowest BCUT2D eigenvalue weighted by atomic mass is 9.73. The van der Waals surface area contributed by atoms with Gasteiger partial charge in [-0.15, -0.1) is 0 Å². The predicted molar refractivity (Wildman–Crippen MR) is 92.2 cm³/mol. The van der Waals surface area contributed by atoms with Gasteiger partial charge in [0.05, 0.1) is 21.3 Å². The minimum atomic E-state index is -1.13. The highest BCUT2D eigenvalue weighted by Crippen LogP contribution is 2.46. The average Bonchev–Trinajstić information content (AvgIpc) is 2.92. The molecule has 0 saturated carbocycles. The van der Waals surface area contributed by atoms with Crippen molar-refractivity contribution < 1.29 is 23.8 Å². The molecule has 2 aliphatic rings. The summed E-state index contributed by atoms with van der Waals surface area (Å²) in [5.74, 6) is 0.801. The number of methoxy groups -OCH3 is 3. The Morgan fingerprint density at radius 1 is 1.16 bits per heavy atom. The van der Waals surface area contributed by atoms with E-state index in [1.54, 1.807) is 19.2 Å². The van der Waals surface area contributed by atoms with Crippen molar-refractivity contribution in [3.63, 3.8) is 0 Å². The van der Waals surface area contributed by atoms with Gasteiger partial charge in [0.15, 0.2) is 17.3 Å². The van der Waals surface area contributed by atoms with E-state index in [1.807, 2.05) is 0 Å². The van der Waals surface area contributed by atoms with Crippen molar-refractivity contribution in [2.75, 3.05) is 34.4 Å². The molecule has 1 atom stereocenters. The Morgan fingerprint density at radius 2 is 1.80 bits per heavy atom. The summed E-state index contributed by atoms with van der Waals surface area (Å²) in [7, 11) is 4.44. The van der Waals surface area contributed by atoms with Crippen LogP contribution in [-0.2, 0) is 16.0 Å². The van der Waals surface area contributed by atoms with E-state index in [0.29, 0.717) is 35.8 Å². The fraction of sp³-hybridized carbons (Fsp3) is 0.579. The molecule has 0 aromatic heterocycles. The molecule has 1 aromatic rings. The summed E-state index contributed by atoms with van der Waals surface area (Å²) in [6.07, 6.45) is 2.82. The number of rotatable bonds is 5. The number of fused-ring (bicyclic) bond motifs is 1. The van der Waals surface area contributed by atoms with Crippen molar-refractivity contribution in [2.24, 2.45) is 11.3 Å². The van der Waals surface area contributed by atoms with E-state index < -0.39 is 11.4 Å². The van der Waals surface area contributed by atoms with Crippen LogP contribution in [0.5, 0.6) is 11.5 Å². The molecule has 0 bridgehead atoms. The fourth-order valence-electron chi connectivity index (χ4n) is 4.13. The Hall–Kier alpha value is -2.08. The van der Waals surface area contributed by atoms with Crippen LogP contribution in [0.3, 0.4) is 0 Å². The van der Waals surface area contributed by atoms with Gasteiger partial charge in [-0.2, -0.15) is 0 Å². The first-order chi connectivity index (χ1) is 12.1. The number of nitrogens with one attached hydrogen (secondary N) is 1. The molecule has 1 N–H and O–H groups in total. The second-order valence-corrected chi connectivity index (χ2v) is 6.84. The quantitative estimate of drug-likeness (QED) is 0.649. The van der Waals surface area contributed by atoms with Crippen molar-refractivity contribution >= 4 is 11.8 Å². The number of ether oxygens (including phenoxy) is 3. The zero-order valence-corrected chi connectivity index (χ0v) is 15.0. The number of ketones is 1. The van der Waals surface area contributed by atoms with Crippen LogP contribution in [0.2, 0.25) is 0 Å². The average molecular weight is 347 g/mol. The monoisotopic (exact) mass is 347 g/mol. The van der Waals surface area contributed by atoms with Gasteiger partial charge >= 0.3 is 5.97 Å². The number of hydrogen-bond acceptors (Lipinski definition) is 6. The third kappa shape index (κ3) is 2.99. The van der Waals surface area contributed by atoms with Crippen molar-refractivity contribution in [2.45, 2.75) is 25.7 Å². The molecule has 1 unspecified atom stereocenters. The molecule has 6 nitrogen and oxygen atoms in total. The normalized spacial score (nSPS) is 23.2. The first-order valence-electron chi connectivity index (χ1n) is 8.64. The summed E-state index contributed by atoms with van der Waals surface area (Å²) >= 11 is 0. The van der Waals surface area contributed by atoms with E-state index >= 15 is 0 Å². The van der Waals surface area contributed by atoms with Gasteiger partial charge < -0.3 is 19.5 Å². The predicted octanol–water partition coefficient (Wildman–Crippen LogP) is 1.99. The Bertz CT molecular complexity index is 681. The van der Waals surface area contributed by atoms with E-state index in [4.69, 9.17) is 14.2 Å². The molecule has 0 amide bonds. The molecule has 1 heterocycles. The maximum atomic E-state index is 13.2. The molecular formula is C19H25NO5. The Balaban J connectivity index is 1.99. The summed E-state index contributed by atoms with van der Waals surface area (Å²) in [5, 5.41) is 3.32. The van der Waals surface area contributed by atoms with Gasteiger partial charge in [0, 0.05) is 5.56 Å². The molecular weight excluding hydrogens is 322 g/mol. The van der Waals surface area contributed by atoms with E-state index in [1.165, 1.54) is 14.2 Å². The van der Waals surface area contributed by atoms with Gasteiger partial charge in [0.25, 0.3) is 0 Å². The van der Waals surface area contributed by atoms with Crippen molar-refractivity contribution in [3.8, 4) is 11.5 Å². The van der Waals surface area contributed by atoms with Gasteiger partial charge in [-0.05, 0) is 62.4 Å². The molecule has 1 saturated heterocycles. The van der Waals surface area contributed by atoms with Crippen LogP contribution in [0, 0.1) is 11.3 Å². The molecule has 1 fully saturated rings. The molecule has 6 heteroatoms. The maximum Gasteiger partial charge on any atom is 0.320 e. The number of hydrogen-bond donors (Lipinski definition) is 1. The molecule has 1 aromatic carbocycles. The summed E-state index contributed by atoms with van der Waals surface area (Å²) in [6, 6.07) is 3.49. The third-order valence-corrected chi connectivity index (χ3v) is 5.45. The SMILES string of the molecule is COC(=O)C1(CC2CCNCC2)Cc2cc(OC)c(OC)cc2C1=O. The summed E-state index contributed by atoms with van der Waals surface area (Å²) in [4.78, 5) is 25.9. The van der Waals surface area contributed by atoms with Crippen LogP contribution in [0.4, 0.5) is 0 Å². The zero-order valence-electron chi connectivity index (χ0n) is 15.0. The Kier molecular flexibility index (Phi) is 4.99. The smallest absolute Gasteiger partial charge is 0.320 e. The van der Waals surface area contributed by atoms with Crippen LogP contribution in [0.1, 0.15) is 35.2 Å². The second-order valence-electron chi connectivity index (χ2n) is 6.84. The van der Waals surface area contributed by atoms with Gasteiger partial charge in [-0.3, -0.25) is 9.59 Å². The number of piperidine rings is 1. The first-order valence-corrected chi connectivity index (χ1v) is 8.64. The first kappa shape index (κ1) is 17.7. The second kappa shape index (κ2) is 7.04. The number of Topliss-reactive ketones (excluding diaryl/α,β-unsaturated/α-hetero) is 1. The largest absolute Gasteiger partial charge is 0.493 e. The van der Waals surface area contributed by atoms with Crippen molar-refractivity contribution in [3.05, 3.63) is 23.3 Å². The molecule has 1 aliphatic carbocycles. The third-order valence-electron chi connectivity index (χ3n) is 5.45. The topological polar surface area (TPSA) is 73.9 Å². The van der Waals surface area contributed by atoms with Crippen LogP contribution >= 0.6 is 0 Å². The number of benzene rings is 1. The lowest BCUT2D eigenvalue weighted by Crippen LogP contribution is -2.42. The molecule has 1 aliphatic heterocycles. The van der Waals surface area contributed by atoms with Crippen molar-refractivity contribution in [1.82, 2.24) is 5.32 Å². The number of esters is 1. The zero-order chi connectivity index (χ0) is 18.0. The van der Waals surface area contributed by atoms with E-state index in [2.05, 4.69) is 5.32 Å². The highest BCUT2D eigenvalue weighted by atomic mass is 16.5. The van der Waals surface area contributed by atoms with Crippen LogP contribution in [0.25, 0.3) is 0 Å². The molecule has 0 spiro atoms. The lowest BCUT2D eigenvalue weighted by molar-refractivity contribution is -0.150. The summed E-state index contributed by atoms with van der Waals surface area (Å²) in [5.41, 5.74) is 0.232. The maximum absolute atomic E-state index is 13.2. The fourth-order valence-corrected chi connectivity index (χ4v) is 4.13. The van der Waals surface area contributed by atoms with Crippen LogP contribution < -0.4 is 14.8 Å². The Labute approximate surface area is 147 Å². The van der Waals surface area contributed by atoms with E-state index in [0.717, 1.165) is 31.5 Å². The molecule has 136 valence electrons. The molecule has 3 rings (SSSR count).